The van der Waals surface area contributed by atoms with Crippen molar-refractivity contribution in [2.75, 3.05) is 13.2 Å². The number of rotatable bonds is 32. The quantitative estimate of drug-likeness (QED) is 0.0318. The lowest BCUT2D eigenvalue weighted by molar-refractivity contribution is -0.166. The molecule has 0 aliphatic carbocycles. The standard InChI is InChI=1S/C39H68O6/c1-4-6-8-10-12-14-16-18-19-21-23-25-27-29-31-33-39(42)45-37(34-43-36(3)40)35-44-38(41)32-30-28-26-24-22-20-17-15-13-11-9-7-5-2/h12,14,18-19,23,25,37H,4-11,13,15-17,20-22,24,26-35H2,1-3H3/b14-12-,19-18-,25-23-. The van der Waals surface area contributed by atoms with Crippen LogP contribution in [0.15, 0.2) is 36.5 Å². The molecule has 6 nitrogen and oxygen atoms in total. The largest absolute Gasteiger partial charge is 0.462 e. The van der Waals surface area contributed by atoms with Crippen LogP contribution < -0.4 is 0 Å². The molecule has 45 heavy (non-hydrogen) atoms. The third-order valence-electron chi connectivity index (χ3n) is 7.71. The molecule has 1 unspecified atom stereocenters. The summed E-state index contributed by atoms with van der Waals surface area (Å²) in [5.74, 6) is -1.13. The maximum atomic E-state index is 12.3. The number of ether oxygens (including phenoxy) is 3. The molecule has 0 aromatic carbocycles. The van der Waals surface area contributed by atoms with Gasteiger partial charge in [-0.15, -0.1) is 0 Å². The first-order valence-corrected chi connectivity index (χ1v) is 18.4. The molecule has 0 heterocycles. The zero-order chi connectivity index (χ0) is 33.1. The second kappa shape index (κ2) is 34.5. The van der Waals surface area contributed by atoms with E-state index in [0.29, 0.717) is 12.8 Å². The van der Waals surface area contributed by atoms with Gasteiger partial charge in [0.05, 0.1) is 0 Å². The second-order valence-corrected chi connectivity index (χ2v) is 12.2. The maximum Gasteiger partial charge on any atom is 0.306 e. The Labute approximate surface area is 276 Å². The van der Waals surface area contributed by atoms with Gasteiger partial charge in [-0.25, -0.2) is 0 Å². The molecule has 0 aromatic heterocycles. The molecule has 0 saturated carbocycles. The summed E-state index contributed by atoms with van der Waals surface area (Å²) in [6.45, 7) is 5.57. The molecule has 0 amide bonds. The van der Waals surface area contributed by atoms with Crippen LogP contribution in [-0.4, -0.2) is 37.2 Å². The lowest BCUT2D eigenvalue weighted by Crippen LogP contribution is -2.30. The fourth-order valence-electron chi connectivity index (χ4n) is 4.94. The van der Waals surface area contributed by atoms with Crippen LogP contribution in [0.2, 0.25) is 0 Å². The third kappa shape index (κ3) is 34.3. The number of hydrogen-bond acceptors (Lipinski definition) is 6. The average molecular weight is 633 g/mol. The smallest absolute Gasteiger partial charge is 0.306 e. The van der Waals surface area contributed by atoms with Gasteiger partial charge in [0, 0.05) is 19.8 Å². The number of unbranched alkanes of at least 4 members (excludes halogenated alkanes) is 17. The lowest BCUT2D eigenvalue weighted by Gasteiger charge is -2.17. The van der Waals surface area contributed by atoms with Crippen LogP contribution in [0.4, 0.5) is 0 Å². The summed E-state index contributed by atoms with van der Waals surface area (Å²) in [5, 5.41) is 0. The van der Waals surface area contributed by atoms with E-state index in [2.05, 4.69) is 50.3 Å². The molecule has 0 fully saturated rings. The van der Waals surface area contributed by atoms with Gasteiger partial charge in [-0.3, -0.25) is 14.4 Å². The Morgan fingerprint density at radius 2 is 0.889 bits per heavy atom. The predicted octanol–water partition coefficient (Wildman–Crippen LogP) is 11.1. The third-order valence-corrected chi connectivity index (χ3v) is 7.71. The monoisotopic (exact) mass is 633 g/mol. The first-order chi connectivity index (χ1) is 22.0. The van der Waals surface area contributed by atoms with Crippen molar-refractivity contribution >= 4 is 17.9 Å². The van der Waals surface area contributed by atoms with E-state index in [0.717, 1.165) is 44.9 Å². The van der Waals surface area contributed by atoms with Gasteiger partial charge in [0.15, 0.2) is 6.10 Å². The maximum absolute atomic E-state index is 12.3. The van der Waals surface area contributed by atoms with Crippen LogP contribution in [0.3, 0.4) is 0 Å². The van der Waals surface area contributed by atoms with Crippen molar-refractivity contribution in [2.24, 2.45) is 0 Å². The van der Waals surface area contributed by atoms with Gasteiger partial charge in [-0.05, 0) is 51.4 Å². The number of allylic oxidation sites excluding steroid dienone is 6. The molecule has 0 aromatic rings. The van der Waals surface area contributed by atoms with Gasteiger partial charge < -0.3 is 14.2 Å². The van der Waals surface area contributed by atoms with Gasteiger partial charge >= 0.3 is 17.9 Å². The van der Waals surface area contributed by atoms with E-state index >= 15 is 0 Å². The Hall–Kier alpha value is -2.37. The molecule has 0 aliphatic rings. The Balaban J connectivity index is 3.95. The molecule has 260 valence electrons. The van der Waals surface area contributed by atoms with Crippen molar-refractivity contribution in [1.82, 2.24) is 0 Å². The fraction of sp³-hybridized carbons (Fsp3) is 0.769. The first kappa shape index (κ1) is 42.6. The Kier molecular flexibility index (Phi) is 32.7. The van der Waals surface area contributed by atoms with Crippen molar-refractivity contribution in [3.8, 4) is 0 Å². The highest BCUT2D eigenvalue weighted by Gasteiger charge is 2.18. The van der Waals surface area contributed by atoms with Crippen molar-refractivity contribution in [3.05, 3.63) is 36.5 Å². The minimum atomic E-state index is -0.783. The molecule has 0 bridgehead atoms. The summed E-state index contributed by atoms with van der Waals surface area (Å²) < 4.78 is 15.8. The van der Waals surface area contributed by atoms with Crippen LogP contribution >= 0.6 is 0 Å². The molecule has 0 radical (unpaired) electrons. The zero-order valence-electron chi connectivity index (χ0n) is 29.4. The molecule has 0 N–H and O–H groups in total. The molecular formula is C39H68O6. The summed E-state index contributed by atoms with van der Waals surface area (Å²) in [6.07, 6.45) is 38.7. The van der Waals surface area contributed by atoms with E-state index in [1.165, 1.54) is 96.8 Å². The minimum Gasteiger partial charge on any atom is -0.462 e. The first-order valence-electron chi connectivity index (χ1n) is 18.4. The van der Waals surface area contributed by atoms with Gasteiger partial charge in [-0.2, -0.15) is 0 Å². The number of hydrogen-bond donors (Lipinski definition) is 0. The normalized spacial score (nSPS) is 12.3. The molecule has 1 atom stereocenters. The molecule has 0 spiro atoms. The summed E-state index contributed by atoms with van der Waals surface area (Å²) >= 11 is 0. The molecule has 0 aliphatic heterocycles. The SMILES string of the molecule is CCCCC/C=C\C/C=C\C/C=C\CCCCC(=O)OC(COC(C)=O)COC(=O)CCCCCCCCCCCCCCC. The second-order valence-electron chi connectivity index (χ2n) is 12.2. The van der Waals surface area contributed by atoms with Gasteiger partial charge in [0.25, 0.3) is 0 Å². The highest BCUT2D eigenvalue weighted by molar-refractivity contribution is 5.70. The van der Waals surface area contributed by atoms with Crippen molar-refractivity contribution < 1.29 is 28.6 Å². The fourth-order valence-corrected chi connectivity index (χ4v) is 4.94. The highest BCUT2D eigenvalue weighted by atomic mass is 16.6. The summed E-state index contributed by atoms with van der Waals surface area (Å²) in [5.41, 5.74) is 0. The van der Waals surface area contributed by atoms with Crippen LogP contribution in [-0.2, 0) is 28.6 Å². The van der Waals surface area contributed by atoms with Gasteiger partial charge in [0.1, 0.15) is 13.2 Å². The van der Waals surface area contributed by atoms with Crippen molar-refractivity contribution in [2.45, 2.75) is 181 Å². The highest BCUT2D eigenvalue weighted by Crippen LogP contribution is 2.13. The molecular weight excluding hydrogens is 564 g/mol. The Morgan fingerprint density at radius 1 is 0.489 bits per heavy atom. The minimum absolute atomic E-state index is 0.0960. The summed E-state index contributed by atoms with van der Waals surface area (Å²) in [4.78, 5) is 35.8. The van der Waals surface area contributed by atoms with Crippen LogP contribution in [0.1, 0.15) is 175 Å². The van der Waals surface area contributed by atoms with E-state index in [1.54, 1.807) is 0 Å². The summed E-state index contributed by atoms with van der Waals surface area (Å²) in [7, 11) is 0. The predicted molar refractivity (Wildman–Crippen MR) is 187 cm³/mol. The van der Waals surface area contributed by atoms with E-state index in [4.69, 9.17) is 14.2 Å². The van der Waals surface area contributed by atoms with E-state index in [9.17, 15) is 14.4 Å². The van der Waals surface area contributed by atoms with E-state index < -0.39 is 12.1 Å². The Bertz CT molecular complexity index is 784. The van der Waals surface area contributed by atoms with Gasteiger partial charge in [-0.1, -0.05) is 140 Å². The number of carbonyl (C=O) groups is 3. The van der Waals surface area contributed by atoms with Crippen molar-refractivity contribution in [3.63, 3.8) is 0 Å². The van der Waals surface area contributed by atoms with Gasteiger partial charge in [0.2, 0.25) is 0 Å². The zero-order valence-corrected chi connectivity index (χ0v) is 29.4. The van der Waals surface area contributed by atoms with Crippen molar-refractivity contribution in [1.29, 1.82) is 0 Å². The number of esters is 3. The molecule has 6 heteroatoms. The lowest BCUT2D eigenvalue weighted by atomic mass is 10.0. The van der Waals surface area contributed by atoms with Crippen LogP contribution in [0.25, 0.3) is 0 Å². The number of carbonyl (C=O) groups excluding carboxylic acids is 3. The topological polar surface area (TPSA) is 78.9 Å². The van der Waals surface area contributed by atoms with E-state index in [-0.39, 0.29) is 31.6 Å². The van der Waals surface area contributed by atoms with E-state index in [1.807, 2.05) is 0 Å². The van der Waals surface area contributed by atoms with Crippen LogP contribution in [0.5, 0.6) is 0 Å². The average Bonchev–Trinajstić information content (AvgIpc) is 3.02. The Morgan fingerprint density at radius 3 is 1.42 bits per heavy atom. The van der Waals surface area contributed by atoms with Crippen LogP contribution in [0, 0.1) is 0 Å². The molecule has 0 rings (SSSR count). The summed E-state index contributed by atoms with van der Waals surface area (Å²) in [6, 6.07) is 0. The molecule has 0 saturated heterocycles.